The van der Waals surface area contributed by atoms with Gasteiger partial charge in [0.15, 0.2) is 0 Å². The average molecular weight is 362 g/mol. The SMILES string of the molecule is N#C/C(N=Nc1ccc([N+](=O)[O-])cc1)=N\Nc1ccc(C(F)(F)F)cc1. The van der Waals surface area contributed by atoms with Crippen molar-refractivity contribution in [2.24, 2.45) is 15.3 Å². The summed E-state index contributed by atoms with van der Waals surface area (Å²) in [6.45, 7) is 0. The number of hydrazone groups is 1. The van der Waals surface area contributed by atoms with Crippen molar-refractivity contribution in [2.45, 2.75) is 6.18 Å². The van der Waals surface area contributed by atoms with E-state index >= 15 is 0 Å². The number of halogens is 3. The minimum Gasteiger partial charge on any atom is -0.276 e. The largest absolute Gasteiger partial charge is 0.416 e. The van der Waals surface area contributed by atoms with Crippen LogP contribution in [0.1, 0.15) is 5.56 Å². The van der Waals surface area contributed by atoms with Gasteiger partial charge in [-0.05, 0) is 36.4 Å². The highest BCUT2D eigenvalue weighted by atomic mass is 19.4. The maximum absolute atomic E-state index is 12.5. The molecule has 0 heterocycles. The Morgan fingerprint density at radius 1 is 1.12 bits per heavy atom. The lowest BCUT2D eigenvalue weighted by Gasteiger charge is -2.06. The molecule has 2 aromatic carbocycles. The zero-order chi connectivity index (χ0) is 19.2. The van der Waals surface area contributed by atoms with Gasteiger partial charge < -0.3 is 0 Å². The van der Waals surface area contributed by atoms with E-state index in [1.165, 1.54) is 24.3 Å². The van der Waals surface area contributed by atoms with E-state index in [1.807, 2.05) is 0 Å². The molecule has 0 saturated heterocycles. The molecule has 8 nitrogen and oxygen atoms in total. The number of hydrogen-bond acceptors (Lipinski definition) is 6. The van der Waals surface area contributed by atoms with Gasteiger partial charge in [-0.2, -0.15) is 18.4 Å². The van der Waals surface area contributed by atoms with E-state index < -0.39 is 16.7 Å². The van der Waals surface area contributed by atoms with Gasteiger partial charge in [-0.1, -0.05) is 0 Å². The van der Waals surface area contributed by atoms with Crippen LogP contribution in [0.5, 0.6) is 0 Å². The lowest BCUT2D eigenvalue weighted by atomic mass is 10.2. The molecule has 0 fully saturated rings. The Morgan fingerprint density at radius 2 is 1.73 bits per heavy atom. The summed E-state index contributed by atoms with van der Waals surface area (Å²) in [6.07, 6.45) is -4.45. The maximum Gasteiger partial charge on any atom is 0.416 e. The fourth-order valence-electron chi connectivity index (χ4n) is 1.67. The Hall–Kier alpha value is -3.81. The van der Waals surface area contributed by atoms with Crippen LogP contribution in [0, 0.1) is 21.4 Å². The Labute approximate surface area is 144 Å². The summed E-state index contributed by atoms with van der Waals surface area (Å²) < 4.78 is 37.4. The number of nitro groups is 1. The predicted molar refractivity (Wildman–Crippen MR) is 85.7 cm³/mol. The van der Waals surface area contributed by atoms with E-state index in [-0.39, 0.29) is 22.9 Å². The molecule has 132 valence electrons. The summed E-state index contributed by atoms with van der Waals surface area (Å²) >= 11 is 0. The first-order chi connectivity index (χ1) is 12.3. The molecular weight excluding hydrogens is 353 g/mol. The molecule has 0 spiro atoms. The molecule has 26 heavy (non-hydrogen) atoms. The van der Waals surface area contributed by atoms with E-state index in [9.17, 15) is 23.3 Å². The first-order valence-electron chi connectivity index (χ1n) is 6.87. The standard InChI is InChI=1S/C15H9F3N6O2/c16-15(17,18)10-1-3-11(4-2-10)20-22-14(9-19)23-21-12-5-7-13(8-6-12)24(25)26/h1-8,20H/b22-14+,23-21?. The zero-order valence-electron chi connectivity index (χ0n) is 12.8. The molecule has 11 heteroatoms. The van der Waals surface area contributed by atoms with Gasteiger partial charge in [0.2, 0.25) is 0 Å². The smallest absolute Gasteiger partial charge is 0.276 e. The summed E-state index contributed by atoms with van der Waals surface area (Å²) in [5.41, 5.74) is 1.93. The van der Waals surface area contributed by atoms with Gasteiger partial charge in [-0.3, -0.25) is 15.5 Å². The number of non-ortho nitro benzene ring substituents is 1. The molecule has 0 radical (unpaired) electrons. The highest BCUT2D eigenvalue weighted by Crippen LogP contribution is 2.29. The maximum atomic E-state index is 12.5. The van der Waals surface area contributed by atoms with Gasteiger partial charge in [-0.15, -0.1) is 15.3 Å². The van der Waals surface area contributed by atoms with Crippen molar-refractivity contribution in [3.05, 3.63) is 64.2 Å². The van der Waals surface area contributed by atoms with E-state index in [0.29, 0.717) is 0 Å². The second-order valence-electron chi connectivity index (χ2n) is 4.71. The molecular formula is C15H9F3N6O2. The molecule has 0 unspecified atom stereocenters. The molecule has 0 atom stereocenters. The second-order valence-corrected chi connectivity index (χ2v) is 4.71. The summed E-state index contributed by atoms with van der Waals surface area (Å²) in [6, 6.07) is 10.8. The Bertz CT molecular complexity index is 884. The molecule has 0 aliphatic carbocycles. The number of nitriles is 1. The van der Waals surface area contributed by atoms with Crippen LogP contribution >= 0.6 is 0 Å². The molecule has 0 aliphatic rings. The van der Waals surface area contributed by atoms with Crippen molar-refractivity contribution >= 4 is 22.9 Å². The Balaban J connectivity index is 2.06. The van der Waals surface area contributed by atoms with E-state index in [1.54, 1.807) is 6.07 Å². The number of nitrogens with one attached hydrogen (secondary N) is 1. The van der Waals surface area contributed by atoms with Crippen molar-refractivity contribution in [2.75, 3.05) is 5.43 Å². The zero-order valence-corrected chi connectivity index (χ0v) is 12.8. The van der Waals surface area contributed by atoms with Gasteiger partial charge in [0.05, 0.1) is 21.9 Å². The summed E-state index contributed by atoms with van der Waals surface area (Å²) in [7, 11) is 0. The van der Waals surface area contributed by atoms with Gasteiger partial charge in [0, 0.05) is 12.1 Å². The first-order valence-corrected chi connectivity index (χ1v) is 6.87. The number of alkyl halides is 3. The number of nitro benzene ring substituents is 1. The number of hydrogen-bond donors (Lipinski definition) is 1. The quantitative estimate of drug-likeness (QED) is 0.280. The van der Waals surface area contributed by atoms with Crippen molar-refractivity contribution in [3.8, 4) is 6.07 Å². The van der Waals surface area contributed by atoms with Crippen molar-refractivity contribution < 1.29 is 18.1 Å². The summed E-state index contributed by atoms with van der Waals surface area (Å²) in [4.78, 5) is 9.97. The molecule has 1 N–H and O–H groups in total. The third-order valence-electron chi connectivity index (χ3n) is 2.92. The van der Waals surface area contributed by atoms with Crippen LogP contribution in [0.15, 0.2) is 63.9 Å². The highest BCUT2D eigenvalue weighted by Gasteiger charge is 2.29. The molecule has 2 rings (SSSR count). The topological polar surface area (TPSA) is 116 Å². The Morgan fingerprint density at radius 3 is 2.23 bits per heavy atom. The number of azo groups is 1. The van der Waals surface area contributed by atoms with Crippen molar-refractivity contribution in [1.29, 1.82) is 5.26 Å². The lowest BCUT2D eigenvalue weighted by Crippen LogP contribution is -2.04. The Kier molecular flexibility index (Phi) is 5.59. The lowest BCUT2D eigenvalue weighted by molar-refractivity contribution is -0.384. The molecule has 2 aromatic rings. The van der Waals surface area contributed by atoms with Crippen LogP contribution in [0.3, 0.4) is 0 Å². The van der Waals surface area contributed by atoms with Gasteiger partial charge >= 0.3 is 6.18 Å². The van der Waals surface area contributed by atoms with Crippen LogP contribution in [-0.4, -0.2) is 10.8 Å². The van der Waals surface area contributed by atoms with Crippen molar-refractivity contribution in [3.63, 3.8) is 0 Å². The molecule has 0 aliphatic heterocycles. The minimum atomic E-state index is -4.45. The fourth-order valence-corrected chi connectivity index (χ4v) is 1.67. The number of rotatable bonds is 4. The van der Waals surface area contributed by atoms with Crippen LogP contribution < -0.4 is 5.43 Å². The molecule has 0 aromatic heterocycles. The van der Waals surface area contributed by atoms with Crippen LogP contribution in [0.4, 0.5) is 30.2 Å². The monoisotopic (exact) mass is 362 g/mol. The van der Waals surface area contributed by atoms with Crippen LogP contribution in [0.25, 0.3) is 0 Å². The molecule has 0 saturated carbocycles. The number of amidine groups is 1. The van der Waals surface area contributed by atoms with E-state index in [4.69, 9.17) is 5.26 Å². The summed E-state index contributed by atoms with van der Waals surface area (Å²) in [5, 5.41) is 30.4. The van der Waals surface area contributed by atoms with E-state index in [0.717, 1.165) is 24.3 Å². The van der Waals surface area contributed by atoms with Crippen molar-refractivity contribution in [1.82, 2.24) is 0 Å². The number of anilines is 1. The molecule has 0 bridgehead atoms. The highest BCUT2D eigenvalue weighted by molar-refractivity contribution is 5.97. The molecule has 0 amide bonds. The number of benzene rings is 2. The number of nitrogens with zero attached hydrogens (tertiary/aromatic N) is 5. The second kappa shape index (κ2) is 7.84. The van der Waals surface area contributed by atoms with Gasteiger partial charge in [0.25, 0.3) is 11.5 Å². The fraction of sp³-hybridized carbons (Fsp3) is 0.0667. The van der Waals surface area contributed by atoms with Gasteiger partial charge in [-0.25, -0.2) is 0 Å². The van der Waals surface area contributed by atoms with Crippen LogP contribution in [-0.2, 0) is 6.18 Å². The normalized spacial score (nSPS) is 12.0. The summed E-state index contributed by atoms with van der Waals surface area (Å²) in [5.74, 6) is -0.386. The van der Waals surface area contributed by atoms with Crippen LogP contribution in [0.2, 0.25) is 0 Å². The third-order valence-corrected chi connectivity index (χ3v) is 2.92. The first kappa shape index (κ1) is 18.5. The van der Waals surface area contributed by atoms with E-state index in [2.05, 4.69) is 20.8 Å². The van der Waals surface area contributed by atoms with Gasteiger partial charge in [0.1, 0.15) is 6.07 Å². The third kappa shape index (κ3) is 5.10. The average Bonchev–Trinajstić information content (AvgIpc) is 2.62. The minimum absolute atomic E-state index is 0.123. The predicted octanol–water partition coefficient (Wildman–Crippen LogP) is 4.65.